The first-order valence-electron chi connectivity index (χ1n) is 8.22. The van der Waals surface area contributed by atoms with Crippen LogP contribution in [0.1, 0.15) is 0 Å². The van der Waals surface area contributed by atoms with Crippen LogP contribution in [-0.4, -0.2) is 32.0 Å². The van der Waals surface area contributed by atoms with Crippen LogP contribution in [0.4, 0.5) is 10.1 Å². The number of hydrogen-bond acceptors (Lipinski definition) is 7. The molecule has 142 valence electrons. The highest BCUT2D eigenvalue weighted by atomic mass is 32.2. The Balaban J connectivity index is 1.60. The van der Waals surface area contributed by atoms with Crippen LogP contribution in [0, 0.1) is 17.1 Å². The number of rotatable bonds is 6. The average molecular weight is 398 g/mol. The number of benzene rings is 2. The number of hydrogen-bond donors (Lipinski definition) is 0. The van der Waals surface area contributed by atoms with E-state index in [-0.39, 0.29) is 11.3 Å². The van der Waals surface area contributed by atoms with E-state index in [2.05, 4.69) is 0 Å². The number of nitriles is 1. The minimum Gasteiger partial charge on any atom is -0.479 e. The van der Waals surface area contributed by atoms with Gasteiger partial charge in [-0.1, -0.05) is 36.0 Å². The Morgan fingerprint density at radius 1 is 1.14 bits per heavy atom. The topological polar surface area (TPSA) is 79.6 Å². The van der Waals surface area contributed by atoms with E-state index in [1.807, 2.05) is 30.3 Å². The SMILES string of the molecule is CN1C(=C(C#N)C(=O)COC(=O)COc2ccccc2F)Sc2ccccc21. The number of anilines is 1. The van der Waals surface area contributed by atoms with Crippen LogP contribution in [0.15, 0.2) is 64.0 Å². The van der Waals surface area contributed by atoms with Gasteiger partial charge in [-0.2, -0.15) is 5.26 Å². The molecular formula is C20H15FN2O4S. The third-order valence-electron chi connectivity index (χ3n) is 3.89. The Morgan fingerprint density at radius 2 is 1.86 bits per heavy atom. The molecule has 0 atom stereocenters. The number of fused-ring (bicyclic) bond motifs is 1. The Labute approximate surface area is 165 Å². The van der Waals surface area contributed by atoms with Gasteiger partial charge in [0.25, 0.3) is 0 Å². The predicted octanol–water partition coefficient (Wildman–Crippen LogP) is 3.29. The minimum atomic E-state index is -0.838. The lowest BCUT2D eigenvalue weighted by Crippen LogP contribution is -2.22. The number of para-hydroxylation sites is 2. The summed E-state index contributed by atoms with van der Waals surface area (Å²) in [7, 11) is 1.76. The number of carbonyl (C=O) groups is 2. The molecule has 0 amide bonds. The molecule has 1 heterocycles. The van der Waals surface area contributed by atoms with Gasteiger partial charge in [0.1, 0.15) is 16.7 Å². The average Bonchev–Trinajstić information content (AvgIpc) is 3.03. The van der Waals surface area contributed by atoms with E-state index >= 15 is 0 Å². The molecule has 2 aromatic rings. The molecule has 28 heavy (non-hydrogen) atoms. The van der Waals surface area contributed by atoms with E-state index in [9.17, 15) is 19.2 Å². The fraction of sp³-hybridized carbons (Fsp3) is 0.150. The lowest BCUT2D eigenvalue weighted by molar-refractivity contribution is -0.149. The highest BCUT2D eigenvalue weighted by molar-refractivity contribution is 8.03. The number of Topliss-reactive ketones (excluding diaryl/α,β-unsaturated/α-hetero) is 1. The van der Waals surface area contributed by atoms with Crippen LogP contribution < -0.4 is 9.64 Å². The summed E-state index contributed by atoms with van der Waals surface area (Å²) >= 11 is 1.30. The van der Waals surface area contributed by atoms with Gasteiger partial charge in [-0.05, 0) is 24.3 Å². The predicted molar refractivity (Wildman–Crippen MR) is 101 cm³/mol. The maximum atomic E-state index is 13.4. The van der Waals surface area contributed by atoms with Crippen molar-refractivity contribution in [3.05, 3.63) is 65.0 Å². The minimum absolute atomic E-state index is 0.0904. The molecule has 8 heteroatoms. The summed E-state index contributed by atoms with van der Waals surface area (Å²) in [5, 5.41) is 9.90. The summed E-state index contributed by atoms with van der Waals surface area (Å²) < 4.78 is 23.3. The van der Waals surface area contributed by atoms with Crippen molar-refractivity contribution in [2.75, 3.05) is 25.2 Å². The molecule has 0 bridgehead atoms. The van der Waals surface area contributed by atoms with Crippen molar-refractivity contribution in [1.29, 1.82) is 5.26 Å². The van der Waals surface area contributed by atoms with Crippen LogP contribution >= 0.6 is 11.8 Å². The van der Waals surface area contributed by atoms with Gasteiger partial charge in [0.15, 0.2) is 24.8 Å². The Morgan fingerprint density at radius 3 is 2.57 bits per heavy atom. The zero-order valence-corrected chi connectivity index (χ0v) is 15.7. The molecule has 0 fully saturated rings. The number of nitrogens with zero attached hydrogens (tertiary/aromatic N) is 2. The van der Waals surface area contributed by atoms with Crippen LogP contribution in [0.5, 0.6) is 5.75 Å². The molecule has 0 saturated carbocycles. The maximum Gasteiger partial charge on any atom is 0.344 e. The van der Waals surface area contributed by atoms with Crippen molar-refractivity contribution in [1.82, 2.24) is 0 Å². The van der Waals surface area contributed by atoms with E-state index in [1.54, 1.807) is 18.0 Å². The summed E-state index contributed by atoms with van der Waals surface area (Å²) in [6, 6.07) is 15.0. The second-order valence-electron chi connectivity index (χ2n) is 5.72. The summed E-state index contributed by atoms with van der Waals surface area (Å²) in [6.07, 6.45) is 0. The largest absolute Gasteiger partial charge is 0.479 e. The second kappa shape index (κ2) is 8.59. The molecular weight excluding hydrogens is 383 g/mol. The third kappa shape index (κ3) is 4.15. The molecule has 2 aromatic carbocycles. The molecule has 0 spiro atoms. The molecule has 0 aliphatic carbocycles. The molecule has 0 unspecified atom stereocenters. The molecule has 0 radical (unpaired) electrons. The summed E-state index contributed by atoms with van der Waals surface area (Å²) in [6.45, 7) is -1.15. The van der Waals surface area contributed by atoms with Gasteiger partial charge >= 0.3 is 5.97 Å². The quantitative estimate of drug-likeness (QED) is 0.420. The Kier molecular flexibility index (Phi) is 5.96. The highest BCUT2D eigenvalue weighted by Gasteiger charge is 2.28. The maximum absolute atomic E-state index is 13.4. The lowest BCUT2D eigenvalue weighted by atomic mass is 10.2. The van der Waals surface area contributed by atoms with E-state index in [0.717, 1.165) is 10.6 Å². The van der Waals surface area contributed by atoms with Gasteiger partial charge in [-0.3, -0.25) is 4.79 Å². The normalized spacial score (nSPS) is 14.1. The molecule has 0 N–H and O–H groups in total. The zero-order chi connectivity index (χ0) is 20.1. The standard InChI is InChI=1S/C20H15FN2O4S/c1-23-15-7-3-5-9-18(15)28-20(23)13(10-22)16(24)11-27-19(25)12-26-17-8-4-2-6-14(17)21/h2-9H,11-12H2,1H3. The summed E-state index contributed by atoms with van der Waals surface area (Å²) in [4.78, 5) is 26.8. The van der Waals surface area contributed by atoms with Gasteiger partial charge in [-0.25, -0.2) is 9.18 Å². The van der Waals surface area contributed by atoms with Crippen molar-refractivity contribution < 1.29 is 23.5 Å². The van der Waals surface area contributed by atoms with Gasteiger partial charge in [-0.15, -0.1) is 0 Å². The zero-order valence-electron chi connectivity index (χ0n) is 14.8. The smallest absolute Gasteiger partial charge is 0.344 e. The number of ketones is 1. The number of thioether (sulfide) groups is 1. The van der Waals surface area contributed by atoms with Crippen LogP contribution in [-0.2, 0) is 14.3 Å². The van der Waals surface area contributed by atoms with E-state index < -0.39 is 30.8 Å². The molecule has 0 saturated heterocycles. The first-order valence-corrected chi connectivity index (χ1v) is 9.04. The van der Waals surface area contributed by atoms with E-state index in [0.29, 0.717) is 5.03 Å². The Hall–Kier alpha value is -3.31. The van der Waals surface area contributed by atoms with Gasteiger partial charge < -0.3 is 14.4 Å². The van der Waals surface area contributed by atoms with Gasteiger partial charge in [0.05, 0.1) is 5.69 Å². The third-order valence-corrected chi connectivity index (χ3v) is 5.13. The van der Waals surface area contributed by atoms with Crippen LogP contribution in [0.3, 0.4) is 0 Å². The Bertz CT molecular complexity index is 1000. The number of halogens is 1. The molecule has 1 aliphatic heterocycles. The van der Waals surface area contributed by atoms with E-state index in [1.165, 1.54) is 30.0 Å². The van der Waals surface area contributed by atoms with Crippen molar-refractivity contribution in [2.24, 2.45) is 0 Å². The monoisotopic (exact) mass is 398 g/mol. The van der Waals surface area contributed by atoms with Crippen molar-refractivity contribution in [3.8, 4) is 11.8 Å². The van der Waals surface area contributed by atoms with Crippen molar-refractivity contribution in [2.45, 2.75) is 4.90 Å². The fourth-order valence-electron chi connectivity index (χ4n) is 2.51. The first-order chi connectivity index (χ1) is 13.5. The van der Waals surface area contributed by atoms with Gasteiger partial charge in [0, 0.05) is 11.9 Å². The van der Waals surface area contributed by atoms with Crippen LogP contribution in [0.25, 0.3) is 0 Å². The molecule has 1 aliphatic rings. The number of esters is 1. The lowest BCUT2D eigenvalue weighted by Gasteiger charge is -2.14. The first kappa shape index (κ1) is 19.5. The van der Waals surface area contributed by atoms with Gasteiger partial charge in [0.2, 0.25) is 5.78 Å². The van der Waals surface area contributed by atoms with Crippen molar-refractivity contribution >= 4 is 29.2 Å². The summed E-state index contributed by atoms with van der Waals surface area (Å²) in [5.41, 5.74) is 0.796. The number of carbonyl (C=O) groups excluding carboxylic acids is 2. The van der Waals surface area contributed by atoms with Crippen LogP contribution in [0.2, 0.25) is 0 Å². The molecule has 6 nitrogen and oxygen atoms in total. The highest BCUT2D eigenvalue weighted by Crippen LogP contribution is 2.46. The second-order valence-corrected chi connectivity index (χ2v) is 6.75. The van der Waals surface area contributed by atoms with Crippen molar-refractivity contribution in [3.63, 3.8) is 0 Å². The molecule has 0 aromatic heterocycles. The summed E-state index contributed by atoms with van der Waals surface area (Å²) in [5.74, 6) is -2.16. The molecule has 3 rings (SSSR count). The fourth-order valence-corrected chi connectivity index (χ4v) is 3.67. The number of ether oxygens (including phenoxy) is 2. The van der Waals surface area contributed by atoms with E-state index in [4.69, 9.17) is 9.47 Å².